The molecule has 134 valence electrons. The number of nitrogens with zero attached hydrogens (tertiary/aromatic N) is 1. The summed E-state index contributed by atoms with van der Waals surface area (Å²) in [5.41, 5.74) is 4.14. The Labute approximate surface area is 153 Å². The number of hydrogen-bond acceptors (Lipinski definition) is 5. The van der Waals surface area contributed by atoms with Crippen molar-refractivity contribution in [1.29, 1.82) is 0 Å². The van der Waals surface area contributed by atoms with E-state index in [1.807, 2.05) is 49.4 Å². The first-order valence-electron chi connectivity index (χ1n) is 8.02. The highest BCUT2D eigenvalue weighted by molar-refractivity contribution is 7.79. The number of aryl methyl sites for hydroxylation is 1. The van der Waals surface area contributed by atoms with Gasteiger partial charge in [0.15, 0.2) is 0 Å². The van der Waals surface area contributed by atoms with Crippen molar-refractivity contribution < 1.29 is 18.1 Å². The number of aromatic nitrogens is 1. The minimum atomic E-state index is -2.22. The minimum Gasteiger partial charge on any atom is -0.772 e. The van der Waals surface area contributed by atoms with Gasteiger partial charge in [0.05, 0.1) is 5.56 Å². The second-order valence-corrected chi connectivity index (χ2v) is 6.73. The molecule has 0 aliphatic heterocycles. The third-order valence-corrected chi connectivity index (χ3v) is 4.40. The van der Waals surface area contributed by atoms with Crippen LogP contribution in [0.25, 0.3) is 22.4 Å². The van der Waals surface area contributed by atoms with Crippen LogP contribution in [0.4, 0.5) is 5.69 Å². The fourth-order valence-electron chi connectivity index (χ4n) is 2.62. The molecule has 1 unspecified atom stereocenters. The SMILES string of the molecule is Cc1onc(-c2ccccc2)c1-c1ccc(NC(=O)CCS(=O)[O-])cc1. The first-order valence-corrected chi connectivity index (χ1v) is 9.27. The van der Waals surface area contributed by atoms with Crippen LogP contribution in [0.5, 0.6) is 0 Å². The van der Waals surface area contributed by atoms with E-state index in [0.29, 0.717) is 11.4 Å². The lowest BCUT2D eigenvalue weighted by molar-refractivity contribution is -0.115. The molecule has 1 N–H and O–H groups in total. The summed E-state index contributed by atoms with van der Waals surface area (Å²) < 4.78 is 26.4. The molecule has 0 saturated carbocycles. The summed E-state index contributed by atoms with van der Waals surface area (Å²) in [6, 6.07) is 17.0. The highest BCUT2D eigenvalue weighted by Gasteiger charge is 2.16. The van der Waals surface area contributed by atoms with Crippen LogP contribution in [-0.2, 0) is 15.9 Å². The summed E-state index contributed by atoms with van der Waals surface area (Å²) in [4.78, 5) is 11.7. The Balaban J connectivity index is 1.81. The van der Waals surface area contributed by atoms with E-state index >= 15 is 0 Å². The van der Waals surface area contributed by atoms with Crippen molar-refractivity contribution in [3.05, 3.63) is 60.4 Å². The van der Waals surface area contributed by atoms with Gasteiger partial charge in [-0.05, 0) is 24.6 Å². The van der Waals surface area contributed by atoms with E-state index in [1.165, 1.54) is 0 Å². The summed E-state index contributed by atoms with van der Waals surface area (Å²) in [7, 11) is 0. The molecule has 1 atom stereocenters. The van der Waals surface area contributed by atoms with E-state index in [9.17, 15) is 13.6 Å². The lowest BCUT2D eigenvalue weighted by Crippen LogP contribution is -2.14. The zero-order valence-electron chi connectivity index (χ0n) is 14.1. The van der Waals surface area contributed by atoms with Crippen LogP contribution in [0.3, 0.4) is 0 Å². The van der Waals surface area contributed by atoms with Crippen molar-refractivity contribution in [1.82, 2.24) is 5.16 Å². The van der Waals surface area contributed by atoms with Gasteiger partial charge in [-0.25, -0.2) is 0 Å². The van der Waals surface area contributed by atoms with Crippen LogP contribution in [0.2, 0.25) is 0 Å². The smallest absolute Gasteiger partial charge is 0.225 e. The summed E-state index contributed by atoms with van der Waals surface area (Å²) in [6.07, 6.45) is -0.0687. The number of benzene rings is 2. The van der Waals surface area contributed by atoms with Crippen molar-refractivity contribution >= 4 is 22.7 Å². The van der Waals surface area contributed by atoms with Crippen molar-refractivity contribution in [3.8, 4) is 22.4 Å². The predicted molar refractivity (Wildman–Crippen MR) is 99.1 cm³/mol. The second-order valence-electron chi connectivity index (χ2n) is 5.71. The summed E-state index contributed by atoms with van der Waals surface area (Å²) in [5, 5.41) is 6.85. The Morgan fingerprint density at radius 3 is 2.46 bits per heavy atom. The van der Waals surface area contributed by atoms with E-state index in [4.69, 9.17) is 4.52 Å². The van der Waals surface area contributed by atoms with E-state index in [0.717, 1.165) is 22.4 Å². The second kappa shape index (κ2) is 8.07. The van der Waals surface area contributed by atoms with Crippen LogP contribution in [-0.4, -0.2) is 25.6 Å². The molecule has 0 aliphatic carbocycles. The Morgan fingerprint density at radius 1 is 1.12 bits per heavy atom. The van der Waals surface area contributed by atoms with Gasteiger partial charge in [0, 0.05) is 23.4 Å². The molecule has 0 fully saturated rings. The zero-order valence-corrected chi connectivity index (χ0v) is 14.9. The van der Waals surface area contributed by atoms with Crippen LogP contribution >= 0.6 is 0 Å². The molecule has 1 amide bonds. The Morgan fingerprint density at radius 2 is 1.81 bits per heavy atom. The number of carbonyl (C=O) groups excluding carboxylic acids is 1. The molecule has 0 bridgehead atoms. The van der Waals surface area contributed by atoms with Crippen LogP contribution in [0.15, 0.2) is 59.1 Å². The maximum atomic E-state index is 11.7. The van der Waals surface area contributed by atoms with E-state index in [2.05, 4.69) is 10.5 Å². The maximum Gasteiger partial charge on any atom is 0.225 e. The number of amides is 1. The fraction of sp³-hybridized carbons (Fsp3) is 0.158. The fourth-order valence-corrected chi connectivity index (χ4v) is 2.98. The number of anilines is 1. The molecule has 3 aromatic rings. The zero-order chi connectivity index (χ0) is 18.5. The molecule has 3 rings (SSSR count). The average molecular weight is 369 g/mol. The minimum absolute atomic E-state index is 0.0687. The van der Waals surface area contributed by atoms with Crippen molar-refractivity contribution in [2.24, 2.45) is 0 Å². The van der Waals surface area contributed by atoms with Gasteiger partial charge in [-0.15, -0.1) is 0 Å². The van der Waals surface area contributed by atoms with Crippen LogP contribution in [0.1, 0.15) is 12.2 Å². The molecule has 0 saturated heterocycles. The number of rotatable bonds is 6. The van der Waals surface area contributed by atoms with E-state index in [-0.39, 0.29) is 18.1 Å². The maximum absolute atomic E-state index is 11.7. The Kier molecular flexibility index (Phi) is 5.60. The normalized spacial score (nSPS) is 11.9. The lowest BCUT2D eigenvalue weighted by atomic mass is 9.99. The van der Waals surface area contributed by atoms with Crippen molar-refractivity contribution in [2.75, 3.05) is 11.1 Å². The number of carbonyl (C=O) groups is 1. The summed E-state index contributed by atoms with van der Waals surface area (Å²) in [5.74, 6) is 0.177. The predicted octanol–water partition coefficient (Wildman–Crippen LogP) is 3.52. The molecule has 1 aromatic heterocycles. The van der Waals surface area contributed by atoms with Gasteiger partial charge >= 0.3 is 0 Å². The molecule has 2 aromatic carbocycles. The molecular formula is C19H17N2O4S-. The van der Waals surface area contributed by atoms with E-state index < -0.39 is 11.1 Å². The van der Waals surface area contributed by atoms with Gasteiger partial charge in [-0.3, -0.25) is 9.00 Å². The largest absolute Gasteiger partial charge is 0.772 e. The van der Waals surface area contributed by atoms with Gasteiger partial charge in [0.25, 0.3) is 0 Å². The first kappa shape index (κ1) is 18.0. The Bertz CT molecular complexity index is 920. The van der Waals surface area contributed by atoms with E-state index in [1.54, 1.807) is 12.1 Å². The number of nitrogens with one attached hydrogen (secondary N) is 1. The van der Waals surface area contributed by atoms with Gasteiger partial charge < -0.3 is 14.4 Å². The van der Waals surface area contributed by atoms with Gasteiger partial charge in [-0.2, -0.15) is 0 Å². The third kappa shape index (κ3) is 4.25. The van der Waals surface area contributed by atoms with Crippen LogP contribution < -0.4 is 5.32 Å². The number of hydrogen-bond donors (Lipinski definition) is 1. The monoisotopic (exact) mass is 369 g/mol. The molecule has 6 nitrogen and oxygen atoms in total. The highest BCUT2D eigenvalue weighted by Crippen LogP contribution is 2.34. The van der Waals surface area contributed by atoms with Crippen molar-refractivity contribution in [2.45, 2.75) is 13.3 Å². The molecule has 0 aliphatic rings. The van der Waals surface area contributed by atoms with Gasteiger partial charge in [-0.1, -0.05) is 58.7 Å². The first-order chi connectivity index (χ1) is 12.5. The lowest BCUT2D eigenvalue weighted by Gasteiger charge is -2.08. The summed E-state index contributed by atoms with van der Waals surface area (Å²) >= 11 is -2.22. The topological polar surface area (TPSA) is 95.3 Å². The van der Waals surface area contributed by atoms with Crippen molar-refractivity contribution in [3.63, 3.8) is 0 Å². The Hall–Kier alpha value is -2.77. The standard InChI is InChI=1S/C19H18N2O4S/c1-13-18(19(21-25-13)15-5-3-2-4-6-15)14-7-9-16(10-8-14)20-17(22)11-12-26(23)24/h2-10H,11-12H2,1H3,(H,20,22)(H,23,24)/p-1. The van der Waals surface area contributed by atoms with Crippen LogP contribution in [0, 0.1) is 6.92 Å². The third-order valence-electron chi connectivity index (χ3n) is 3.86. The average Bonchev–Trinajstić information content (AvgIpc) is 3.03. The molecule has 7 heteroatoms. The van der Waals surface area contributed by atoms with Gasteiger partial charge in [0.2, 0.25) is 5.91 Å². The molecule has 1 heterocycles. The molecular weight excluding hydrogens is 352 g/mol. The molecule has 0 radical (unpaired) electrons. The molecule has 0 spiro atoms. The highest BCUT2D eigenvalue weighted by atomic mass is 32.2. The quantitative estimate of drug-likeness (QED) is 0.671. The molecule has 26 heavy (non-hydrogen) atoms. The van der Waals surface area contributed by atoms with Gasteiger partial charge in [0.1, 0.15) is 11.5 Å². The summed E-state index contributed by atoms with van der Waals surface area (Å²) in [6.45, 7) is 1.85.